The van der Waals surface area contributed by atoms with Gasteiger partial charge < -0.3 is 5.32 Å². The first kappa shape index (κ1) is 17.6. The van der Waals surface area contributed by atoms with Crippen molar-refractivity contribution in [1.29, 1.82) is 0 Å². The minimum Gasteiger partial charge on any atom is -0.326 e. The van der Waals surface area contributed by atoms with Crippen LogP contribution in [-0.2, 0) is 14.8 Å². The molecule has 1 aromatic carbocycles. The van der Waals surface area contributed by atoms with Crippen molar-refractivity contribution in [3.8, 4) is 0 Å². The van der Waals surface area contributed by atoms with Crippen molar-refractivity contribution in [1.82, 2.24) is 9.29 Å². The van der Waals surface area contributed by atoms with E-state index in [0.717, 1.165) is 12.8 Å². The summed E-state index contributed by atoms with van der Waals surface area (Å²) in [5, 5.41) is 2.63. The molecule has 132 valence electrons. The van der Waals surface area contributed by atoms with Crippen molar-refractivity contribution >= 4 is 21.6 Å². The second-order valence-electron chi connectivity index (χ2n) is 6.16. The molecule has 0 unspecified atom stereocenters. The quantitative estimate of drug-likeness (QED) is 0.910. The molecule has 3 rings (SSSR count). The number of piperidine rings is 1. The molecule has 0 aliphatic carbocycles. The second kappa shape index (κ2) is 7.33. The Balaban J connectivity index is 1.68. The number of amides is 1. The Morgan fingerprint density at radius 2 is 1.68 bits per heavy atom. The Morgan fingerprint density at radius 1 is 1.08 bits per heavy atom. The maximum Gasteiger partial charge on any atom is 0.243 e. The van der Waals surface area contributed by atoms with Gasteiger partial charge in [-0.2, -0.15) is 4.31 Å². The largest absolute Gasteiger partial charge is 0.326 e. The van der Waals surface area contributed by atoms with Crippen LogP contribution in [-0.4, -0.2) is 36.7 Å². The lowest BCUT2D eigenvalue weighted by Gasteiger charge is -2.31. The smallest absolute Gasteiger partial charge is 0.243 e. The zero-order chi connectivity index (χ0) is 17.9. The third-order valence-corrected chi connectivity index (χ3v) is 6.36. The fourth-order valence-corrected chi connectivity index (χ4v) is 4.60. The summed E-state index contributed by atoms with van der Waals surface area (Å²) in [6.45, 7) is 2.42. The molecule has 1 aromatic heterocycles. The molecule has 2 aromatic rings. The van der Waals surface area contributed by atoms with E-state index < -0.39 is 10.0 Å². The molecule has 6 nitrogen and oxygen atoms in total. The summed E-state index contributed by atoms with van der Waals surface area (Å²) in [4.78, 5) is 15.3. The van der Waals surface area contributed by atoms with Gasteiger partial charge in [-0.1, -0.05) is 0 Å². The van der Waals surface area contributed by atoms with Crippen molar-refractivity contribution in [3.05, 3.63) is 54.4 Å². The van der Waals surface area contributed by atoms with Gasteiger partial charge in [-0.3, -0.25) is 9.78 Å². The molecule has 25 heavy (non-hydrogen) atoms. The highest BCUT2D eigenvalue weighted by atomic mass is 32.2. The van der Waals surface area contributed by atoms with Crippen LogP contribution in [0.25, 0.3) is 0 Å². The van der Waals surface area contributed by atoms with E-state index in [0.29, 0.717) is 24.7 Å². The van der Waals surface area contributed by atoms with Crippen molar-refractivity contribution in [2.24, 2.45) is 0 Å². The van der Waals surface area contributed by atoms with E-state index in [1.54, 1.807) is 24.5 Å². The molecule has 0 radical (unpaired) electrons. The summed E-state index contributed by atoms with van der Waals surface area (Å²) in [7, 11) is -3.50. The number of sulfonamides is 1. The Hall–Kier alpha value is -2.25. The molecule has 0 atom stereocenters. The van der Waals surface area contributed by atoms with E-state index in [-0.39, 0.29) is 10.8 Å². The predicted octanol–water partition coefficient (Wildman–Crippen LogP) is 2.61. The van der Waals surface area contributed by atoms with Gasteiger partial charge >= 0.3 is 0 Å². The van der Waals surface area contributed by atoms with Gasteiger partial charge in [0, 0.05) is 38.1 Å². The number of benzene rings is 1. The Kier molecular flexibility index (Phi) is 5.15. The van der Waals surface area contributed by atoms with Crippen LogP contribution in [0.2, 0.25) is 0 Å². The van der Waals surface area contributed by atoms with Gasteiger partial charge in [0.05, 0.1) is 4.90 Å². The molecule has 0 saturated carbocycles. The first-order valence-corrected chi connectivity index (χ1v) is 9.68. The van der Waals surface area contributed by atoms with Gasteiger partial charge in [-0.25, -0.2) is 8.42 Å². The second-order valence-corrected chi connectivity index (χ2v) is 8.10. The predicted molar refractivity (Wildman–Crippen MR) is 95.7 cm³/mol. The number of nitrogens with one attached hydrogen (secondary N) is 1. The first-order valence-electron chi connectivity index (χ1n) is 8.24. The number of aromatic nitrogens is 1. The maximum absolute atomic E-state index is 12.8. The summed E-state index contributed by atoms with van der Waals surface area (Å²) < 4.78 is 27.1. The van der Waals surface area contributed by atoms with Gasteiger partial charge in [0.25, 0.3) is 0 Å². The van der Waals surface area contributed by atoms with E-state index in [9.17, 15) is 13.2 Å². The van der Waals surface area contributed by atoms with Crippen molar-refractivity contribution < 1.29 is 13.2 Å². The highest BCUT2D eigenvalue weighted by molar-refractivity contribution is 7.89. The number of hydrogen-bond donors (Lipinski definition) is 1. The lowest BCUT2D eigenvalue weighted by molar-refractivity contribution is -0.114. The number of pyridine rings is 1. The Labute approximate surface area is 147 Å². The number of carbonyl (C=O) groups excluding carboxylic acids is 1. The van der Waals surface area contributed by atoms with Crippen LogP contribution in [0.3, 0.4) is 0 Å². The highest BCUT2D eigenvalue weighted by Gasteiger charge is 2.29. The summed E-state index contributed by atoms with van der Waals surface area (Å²) in [5.74, 6) is 0.186. The summed E-state index contributed by atoms with van der Waals surface area (Å²) in [6.07, 6.45) is 5.14. The molecule has 1 saturated heterocycles. The maximum atomic E-state index is 12.8. The number of hydrogen-bond acceptors (Lipinski definition) is 4. The van der Waals surface area contributed by atoms with E-state index in [2.05, 4.69) is 10.3 Å². The van der Waals surface area contributed by atoms with Crippen LogP contribution in [0.5, 0.6) is 0 Å². The average Bonchev–Trinajstić information content (AvgIpc) is 2.62. The topological polar surface area (TPSA) is 79.4 Å². The molecule has 7 heteroatoms. The van der Waals surface area contributed by atoms with Crippen molar-refractivity contribution in [2.45, 2.75) is 30.6 Å². The number of carbonyl (C=O) groups is 1. The Bertz CT molecular complexity index is 828. The number of nitrogens with zero attached hydrogens (tertiary/aromatic N) is 2. The van der Waals surface area contributed by atoms with Crippen molar-refractivity contribution in [2.75, 3.05) is 18.4 Å². The molecule has 0 spiro atoms. The lowest BCUT2D eigenvalue weighted by atomic mass is 9.91. The normalized spacial score (nSPS) is 16.5. The SMILES string of the molecule is CC(=O)Nc1ccc(S(=O)(=O)N2CCC(c3ccncc3)CC2)cc1. The first-order chi connectivity index (χ1) is 12.0. The zero-order valence-corrected chi connectivity index (χ0v) is 14.9. The minimum atomic E-state index is -3.50. The minimum absolute atomic E-state index is 0.186. The molecular weight excluding hydrogens is 338 g/mol. The third kappa shape index (κ3) is 4.05. The molecule has 1 N–H and O–H groups in total. The van der Waals surface area contributed by atoms with E-state index in [1.165, 1.54) is 28.9 Å². The van der Waals surface area contributed by atoms with Gasteiger partial charge in [0.1, 0.15) is 0 Å². The molecule has 1 aliphatic rings. The summed E-state index contributed by atoms with van der Waals surface area (Å²) >= 11 is 0. The van der Waals surface area contributed by atoms with E-state index in [1.807, 2.05) is 12.1 Å². The fourth-order valence-electron chi connectivity index (χ4n) is 3.13. The molecule has 2 heterocycles. The Morgan fingerprint density at radius 3 is 2.24 bits per heavy atom. The van der Waals surface area contributed by atoms with Crippen LogP contribution < -0.4 is 5.32 Å². The third-order valence-electron chi connectivity index (χ3n) is 4.44. The van der Waals surface area contributed by atoms with E-state index >= 15 is 0 Å². The average molecular weight is 359 g/mol. The van der Waals surface area contributed by atoms with Crippen LogP contribution in [0.1, 0.15) is 31.2 Å². The van der Waals surface area contributed by atoms with E-state index in [4.69, 9.17) is 0 Å². The van der Waals surface area contributed by atoms with Crippen molar-refractivity contribution in [3.63, 3.8) is 0 Å². The van der Waals surface area contributed by atoms with Gasteiger partial charge in [0.2, 0.25) is 15.9 Å². The molecule has 0 bridgehead atoms. The van der Waals surface area contributed by atoms with Gasteiger partial charge in [-0.05, 0) is 60.7 Å². The molecule has 1 aliphatic heterocycles. The standard InChI is InChI=1S/C18H21N3O3S/c1-14(22)20-17-2-4-18(5-3-17)25(23,24)21-12-8-16(9-13-21)15-6-10-19-11-7-15/h2-7,10-11,16H,8-9,12-13H2,1H3,(H,20,22). The monoisotopic (exact) mass is 359 g/mol. The molecular formula is C18H21N3O3S. The van der Waals surface area contributed by atoms with Crippen LogP contribution in [0.15, 0.2) is 53.7 Å². The van der Waals surface area contributed by atoms with Gasteiger partial charge in [0.15, 0.2) is 0 Å². The van der Waals surface area contributed by atoms with Gasteiger partial charge in [-0.15, -0.1) is 0 Å². The molecule has 1 fully saturated rings. The number of anilines is 1. The zero-order valence-electron chi connectivity index (χ0n) is 14.1. The highest BCUT2D eigenvalue weighted by Crippen LogP contribution is 2.30. The van der Waals surface area contributed by atoms with Crippen LogP contribution in [0, 0.1) is 0 Å². The lowest BCUT2D eigenvalue weighted by Crippen LogP contribution is -2.37. The summed E-state index contributed by atoms with van der Waals surface area (Å²) in [6, 6.07) is 10.3. The fraction of sp³-hybridized carbons (Fsp3) is 0.333. The molecule has 1 amide bonds. The van der Waals surface area contributed by atoms with Crippen LogP contribution >= 0.6 is 0 Å². The summed E-state index contributed by atoms with van der Waals surface area (Å²) in [5.41, 5.74) is 1.80. The number of rotatable bonds is 4. The van der Waals surface area contributed by atoms with Crippen LogP contribution in [0.4, 0.5) is 5.69 Å².